The Bertz CT molecular complexity index is 167. The van der Waals surface area contributed by atoms with Crippen LogP contribution in [0.25, 0.3) is 0 Å². The molecule has 3 N–H and O–H groups in total. The van der Waals surface area contributed by atoms with Crippen molar-refractivity contribution < 1.29 is 9.84 Å². The summed E-state index contributed by atoms with van der Waals surface area (Å²) >= 11 is 0. The van der Waals surface area contributed by atoms with Gasteiger partial charge in [-0.1, -0.05) is 0 Å². The molecular weight excluding hydrogens is 192 g/mol. The van der Waals surface area contributed by atoms with Crippen LogP contribution in [0.5, 0.6) is 0 Å². The van der Waals surface area contributed by atoms with Crippen molar-refractivity contribution >= 4 is 0 Å². The van der Waals surface area contributed by atoms with Crippen molar-refractivity contribution in [2.75, 3.05) is 32.8 Å². The molecule has 0 spiro atoms. The number of aliphatic hydroxyl groups is 1. The first kappa shape index (κ1) is 12.9. The fraction of sp³-hybridized carbons (Fsp3) is 1.00. The molecule has 1 aliphatic rings. The summed E-state index contributed by atoms with van der Waals surface area (Å²) in [7, 11) is 0. The van der Waals surface area contributed by atoms with Crippen LogP contribution in [0.4, 0.5) is 0 Å². The third kappa shape index (κ3) is 4.93. The van der Waals surface area contributed by atoms with Crippen molar-refractivity contribution in [2.24, 2.45) is 5.73 Å². The molecule has 2 atom stereocenters. The van der Waals surface area contributed by atoms with Gasteiger partial charge in [-0.2, -0.15) is 0 Å². The standard InChI is InChI=1S/C11H24N2O2/c1-2-15-11(8-12)5-7-13-6-3-4-10(14)9-13/h10-11,14H,2-9,12H2,1H3. The third-order valence-electron chi connectivity index (χ3n) is 2.91. The first-order chi connectivity index (χ1) is 7.26. The molecule has 0 amide bonds. The quantitative estimate of drug-likeness (QED) is 0.666. The van der Waals surface area contributed by atoms with Crippen LogP contribution >= 0.6 is 0 Å². The maximum Gasteiger partial charge on any atom is 0.0709 e. The Kier molecular flexibility index (Phi) is 6.17. The smallest absolute Gasteiger partial charge is 0.0709 e. The maximum absolute atomic E-state index is 9.51. The first-order valence-corrected chi connectivity index (χ1v) is 5.98. The highest BCUT2D eigenvalue weighted by molar-refractivity contribution is 4.73. The summed E-state index contributed by atoms with van der Waals surface area (Å²) in [5.74, 6) is 0. The van der Waals surface area contributed by atoms with Gasteiger partial charge in [-0.25, -0.2) is 0 Å². The number of β-amino-alcohol motifs (C(OH)–C–C–N with tert-alkyl or cyclic N) is 1. The second-order valence-electron chi connectivity index (χ2n) is 4.20. The van der Waals surface area contributed by atoms with E-state index in [1.807, 2.05) is 6.92 Å². The zero-order valence-corrected chi connectivity index (χ0v) is 9.69. The Hall–Kier alpha value is -0.160. The van der Waals surface area contributed by atoms with Crippen LogP contribution in [0.15, 0.2) is 0 Å². The van der Waals surface area contributed by atoms with Crippen LogP contribution in [0, 0.1) is 0 Å². The van der Waals surface area contributed by atoms with Gasteiger partial charge >= 0.3 is 0 Å². The van der Waals surface area contributed by atoms with Crippen molar-refractivity contribution in [1.82, 2.24) is 4.90 Å². The molecule has 1 fully saturated rings. The lowest BCUT2D eigenvalue weighted by Gasteiger charge is -2.30. The van der Waals surface area contributed by atoms with E-state index >= 15 is 0 Å². The molecule has 1 heterocycles. The number of ether oxygens (including phenoxy) is 1. The van der Waals surface area contributed by atoms with Crippen LogP contribution < -0.4 is 5.73 Å². The van der Waals surface area contributed by atoms with E-state index in [-0.39, 0.29) is 12.2 Å². The molecule has 4 nitrogen and oxygen atoms in total. The number of aliphatic hydroxyl groups excluding tert-OH is 1. The number of nitrogens with zero attached hydrogens (tertiary/aromatic N) is 1. The number of hydrogen-bond acceptors (Lipinski definition) is 4. The summed E-state index contributed by atoms with van der Waals surface area (Å²) in [6, 6.07) is 0. The molecule has 0 saturated carbocycles. The molecular formula is C11H24N2O2. The van der Waals surface area contributed by atoms with E-state index in [0.717, 1.165) is 45.5 Å². The minimum absolute atomic E-state index is 0.137. The monoisotopic (exact) mass is 216 g/mol. The molecule has 1 rings (SSSR count). The summed E-state index contributed by atoms with van der Waals surface area (Å²) in [5.41, 5.74) is 5.61. The Balaban J connectivity index is 2.16. The van der Waals surface area contributed by atoms with Crippen LogP contribution in [-0.2, 0) is 4.74 Å². The highest BCUT2D eigenvalue weighted by atomic mass is 16.5. The topological polar surface area (TPSA) is 58.7 Å². The lowest BCUT2D eigenvalue weighted by molar-refractivity contribution is 0.0350. The second-order valence-corrected chi connectivity index (χ2v) is 4.20. The van der Waals surface area contributed by atoms with Gasteiger partial charge in [0.1, 0.15) is 0 Å². The summed E-state index contributed by atoms with van der Waals surface area (Å²) in [5, 5.41) is 9.51. The van der Waals surface area contributed by atoms with E-state index in [2.05, 4.69) is 4.90 Å². The van der Waals surface area contributed by atoms with Crippen molar-refractivity contribution in [2.45, 2.75) is 38.4 Å². The average Bonchev–Trinajstić information content (AvgIpc) is 2.24. The van der Waals surface area contributed by atoms with E-state index in [1.54, 1.807) is 0 Å². The number of nitrogens with two attached hydrogens (primary N) is 1. The van der Waals surface area contributed by atoms with Crippen molar-refractivity contribution in [1.29, 1.82) is 0 Å². The van der Waals surface area contributed by atoms with E-state index in [9.17, 15) is 5.11 Å². The van der Waals surface area contributed by atoms with Crippen LogP contribution in [-0.4, -0.2) is 55.0 Å². The Morgan fingerprint density at radius 3 is 3.00 bits per heavy atom. The molecule has 90 valence electrons. The van der Waals surface area contributed by atoms with Gasteiger partial charge < -0.3 is 20.5 Å². The predicted molar refractivity (Wildman–Crippen MR) is 60.8 cm³/mol. The van der Waals surface area contributed by atoms with Crippen molar-refractivity contribution in [3.63, 3.8) is 0 Å². The zero-order valence-electron chi connectivity index (χ0n) is 9.69. The van der Waals surface area contributed by atoms with Crippen molar-refractivity contribution in [3.8, 4) is 0 Å². The molecule has 0 aromatic carbocycles. The second kappa shape index (κ2) is 7.17. The Morgan fingerprint density at radius 1 is 1.60 bits per heavy atom. The van der Waals surface area contributed by atoms with E-state index in [0.29, 0.717) is 6.54 Å². The van der Waals surface area contributed by atoms with Gasteiger partial charge in [0.05, 0.1) is 12.2 Å². The third-order valence-corrected chi connectivity index (χ3v) is 2.91. The molecule has 0 aromatic rings. The highest BCUT2D eigenvalue weighted by Crippen LogP contribution is 2.10. The largest absolute Gasteiger partial charge is 0.392 e. The van der Waals surface area contributed by atoms with Gasteiger partial charge in [0.25, 0.3) is 0 Å². The van der Waals surface area contributed by atoms with Crippen LogP contribution in [0.2, 0.25) is 0 Å². The molecule has 4 heteroatoms. The Morgan fingerprint density at radius 2 is 2.40 bits per heavy atom. The predicted octanol–water partition coefficient (Wildman–Crippen LogP) is 0.197. The molecule has 1 saturated heterocycles. The molecule has 15 heavy (non-hydrogen) atoms. The van der Waals surface area contributed by atoms with Crippen LogP contribution in [0.3, 0.4) is 0 Å². The molecule has 0 aromatic heterocycles. The van der Waals surface area contributed by atoms with Crippen molar-refractivity contribution in [3.05, 3.63) is 0 Å². The molecule has 0 aliphatic carbocycles. The lowest BCUT2D eigenvalue weighted by atomic mass is 10.1. The van der Waals surface area contributed by atoms with Gasteiger partial charge in [0.15, 0.2) is 0 Å². The highest BCUT2D eigenvalue weighted by Gasteiger charge is 2.18. The van der Waals surface area contributed by atoms with E-state index in [1.165, 1.54) is 0 Å². The van der Waals surface area contributed by atoms with E-state index < -0.39 is 0 Å². The minimum atomic E-state index is -0.137. The summed E-state index contributed by atoms with van der Waals surface area (Å²) in [6.45, 7) is 6.20. The number of hydrogen-bond donors (Lipinski definition) is 2. The molecule has 1 aliphatic heterocycles. The summed E-state index contributed by atoms with van der Waals surface area (Å²) in [6.07, 6.45) is 3.05. The van der Waals surface area contributed by atoms with Gasteiger partial charge in [-0.05, 0) is 32.7 Å². The number of likely N-dealkylation sites (tertiary alicyclic amines) is 1. The van der Waals surface area contributed by atoms with Gasteiger partial charge in [-0.15, -0.1) is 0 Å². The average molecular weight is 216 g/mol. The van der Waals surface area contributed by atoms with E-state index in [4.69, 9.17) is 10.5 Å². The minimum Gasteiger partial charge on any atom is -0.392 e. The first-order valence-electron chi connectivity index (χ1n) is 5.98. The maximum atomic E-state index is 9.51. The molecule has 2 unspecified atom stereocenters. The van der Waals surface area contributed by atoms with Crippen LogP contribution in [0.1, 0.15) is 26.2 Å². The van der Waals surface area contributed by atoms with Gasteiger partial charge in [0, 0.05) is 26.2 Å². The fourth-order valence-corrected chi connectivity index (χ4v) is 2.07. The summed E-state index contributed by atoms with van der Waals surface area (Å²) in [4.78, 5) is 2.30. The Labute approximate surface area is 92.4 Å². The lowest BCUT2D eigenvalue weighted by Crippen LogP contribution is -2.40. The number of piperidine rings is 1. The normalized spacial score (nSPS) is 25.4. The summed E-state index contributed by atoms with van der Waals surface area (Å²) < 4.78 is 5.49. The number of rotatable bonds is 6. The fourth-order valence-electron chi connectivity index (χ4n) is 2.07. The molecule has 0 bridgehead atoms. The van der Waals surface area contributed by atoms with Gasteiger partial charge in [-0.3, -0.25) is 0 Å². The zero-order chi connectivity index (χ0) is 11.1. The molecule has 0 radical (unpaired) electrons. The van der Waals surface area contributed by atoms with Gasteiger partial charge in [0.2, 0.25) is 0 Å². The SMILES string of the molecule is CCOC(CN)CCN1CCCC(O)C1.